The molecule has 1 fully saturated rings. The molecule has 0 saturated carbocycles. The van der Waals surface area contributed by atoms with Crippen LogP contribution >= 0.6 is 15.9 Å². The maximum Gasteiger partial charge on any atom is 0.221 e. The highest BCUT2D eigenvalue weighted by molar-refractivity contribution is 9.10. The number of hydrogen-bond donors (Lipinski definition) is 2. The smallest absolute Gasteiger partial charge is 0.221 e. The second kappa shape index (κ2) is 5.45. The maximum atomic E-state index is 5.53. The Labute approximate surface area is 103 Å². The van der Waals surface area contributed by atoms with Crippen molar-refractivity contribution in [2.24, 2.45) is 5.92 Å². The van der Waals surface area contributed by atoms with Crippen LogP contribution in [0, 0.1) is 5.92 Å². The van der Waals surface area contributed by atoms with E-state index in [9.17, 15) is 0 Å². The van der Waals surface area contributed by atoms with Crippen LogP contribution in [0.25, 0.3) is 0 Å². The van der Waals surface area contributed by atoms with E-state index in [0.29, 0.717) is 5.92 Å². The Balaban J connectivity index is 1.90. The maximum absolute atomic E-state index is 5.53. The zero-order valence-corrected chi connectivity index (χ0v) is 10.5. The minimum atomic E-state index is 0.283. The molecular formula is C10H15BrN4O. The van der Waals surface area contributed by atoms with E-state index >= 15 is 0 Å². The number of nitrogens with two attached hydrogens (primary N) is 1. The molecule has 1 saturated heterocycles. The fourth-order valence-electron chi connectivity index (χ4n) is 1.71. The minimum Gasteiger partial charge on any atom is -0.381 e. The lowest BCUT2D eigenvalue weighted by atomic mass is 10.0. The summed E-state index contributed by atoms with van der Waals surface area (Å²) in [6.45, 7) is 2.57. The first-order valence-corrected chi connectivity index (χ1v) is 6.14. The molecule has 1 aliphatic heterocycles. The van der Waals surface area contributed by atoms with Crippen LogP contribution in [0.1, 0.15) is 12.8 Å². The standard InChI is InChI=1S/C10H15BrN4O/c11-8-5-14-10(12)15-9(8)13-4-7-2-1-3-16-6-7/h5,7H,1-4,6H2,(H3,12,13,14,15). The molecule has 0 spiro atoms. The zero-order valence-electron chi connectivity index (χ0n) is 8.95. The Morgan fingerprint density at radius 2 is 2.50 bits per heavy atom. The van der Waals surface area contributed by atoms with Crippen molar-refractivity contribution in [2.45, 2.75) is 12.8 Å². The van der Waals surface area contributed by atoms with Gasteiger partial charge < -0.3 is 15.8 Å². The van der Waals surface area contributed by atoms with Crippen LogP contribution in [0.15, 0.2) is 10.7 Å². The van der Waals surface area contributed by atoms with Crippen molar-refractivity contribution in [3.8, 4) is 0 Å². The average Bonchev–Trinajstić information content (AvgIpc) is 2.32. The largest absolute Gasteiger partial charge is 0.381 e. The molecule has 6 heteroatoms. The van der Waals surface area contributed by atoms with Crippen molar-refractivity contribution in [3.05, 3.63) is 10.7 Å². The van der Waals surface area contributed by atoms with Crippen LogP contribution in [-0.4, -0.2) is 29.7 Å². The summed E-state index contributed by atoms with van der Waals surface area (Å²) < 4.78 is 6.25. The van der Waals surface area contributed by atoms with Crippen molar-refractivity contribution >= 4 is 27.7 Å². The van der Waals surface area contributed by atoms with Gasteiger partial charge in [-0.25, -0.2) is 4.98 Å². The Hall–Kier alpha value is -0.880. The van der Waals surface area contributed by atoms with E-state index < -0.39 is 0 Å². The third kappa shape index (κ3) is 3.05. The summed E-state index contributed by atoms with van der Waals surface area (Å²) in [5, 5.41) is 3.27. The Bertz CT molecular complexity index is 355. The molecule has 1 aromatic rings. The number of ether oxygens (including phenoxy) is 1. The molecule has 88 valence electrons. The van der Waals surface area contributed by atoms with Gasteiger partial charge in [-0.3, -0.25) is 0 Å². The third-order valence-electron chi connectivity index (χ3n) is 2.58. The van der Waals surface area contributed by atoms with E-state index in [1.165, 1.54) is 6.42 Å². The zero-order chi connectivity index (χ0) is 11.4. The molecule has 2 rings (SSSR count). The van der Waals surface area contributed by atoms with Crippen molar-refractivity contribution in [1.82, 2.24) is 9.97 Å². The number of anilines is 2. The molecule has 0 bridgehead atoms. The Kier molecular flexibility index (Phi) is 3.95. The lowest BCUT2D eigenvalue weighted by Gasteiger charge is -2.22. The summed E-state index contributed by atoms with van der Waals surface area (Å²) in [7, 11) is 0. The Morgan fingerprint density at radius 3 is 3.25 bits per heavy atom. The molecule has 1 aliphatic rings. The van der Waals surface area contributed by atoms with Crippen molar-refractivity contribution < 1.29 is 4.74 Å². The number of halogens is 1. The van der Waals surface area contributed by atoms with Gasteiger partial charge in [0, 0.05) is 19.3 Å². The van der Waals surface area contributed by atoms with Gasteiger partial charge in [0.15, 0.2) is 0 Å². The van der Waals surface area contributed by atoms with Crippen LogP contribution in [0.5, 0.6) is 0 Å². The first kappa shape index (κ1) is 11.6. The second-order valence-corrected chi connectivity index (χ2v) is 4.74. The first-order chi connectivity index (χ1) is 7.75. The highest BCUT2D eigenvalue weighted by atomic mass is 79.9. The number of aromatic nitrogens is 2. The van der Waals surface area contributed by atoms with Crippen LogP contribution in [0.4, 0.5) is 11.8 Å². The second-order valence-electron chi connectivity index (χ2n) is 3.89. The van der Waals surface area contributed by atoms with Gasteiger partial charge >= 0.3 is 0 Å². The summed E-state index contributed by atoms with van der Waals surface area (Å²) in [5.74, 6) is 1.58. The van der Waals surface area contributed by atoms with Gasteiger partial charge in [-0.15, -0.1) is 0 Å². The molecule has 1 aromatic heterocycles. The van der Waals surface area contributed by atoms with Crippen molar-refractivity contribution in [2.75, 3.05) is 30.8 Å². The summed E-state index contributed by atoms with van der Waals surface area (Å²) in [6.07, 6.45) is 3.99. The van der Waals surface area contributed by atoms with Gasteiger partial charge in [-0.2, -0.15) is 4.98 Å². The molecule has 5 nitrogen and oxygen atoms in total. The summed E-state index contributed by atoms with van der Waals surface area (Å²) in [5.41, 5.74) is 5.53. The van der Waals surface area contributed by atoms with Crippen LogP contribution < -0.4 is 11.1 Å². The lowest BCUT2D eigenvalue weighted by molar-refractivity contribution is 0.0595. The van der Waals surface area contributed by atoms with Crippen LogP contribution in [-0.2, 0) is 4.74 Å². The molecule has 2 heterocycles. The predicted octanol–water partition coefficient (Wildman–Crippen LogP) is 1.66. The first-order valence-electron chi connectivity index (χ1n) is 5.35. The molecule has 0 aliphatic carbocycles. The summed E-state index contributed by atoms with van der Waals surface area (Å²) in [6, 6.07) is 0. The highest BCUT2D eigenvalue weighted by Gasteiger charge is 2.14. The van der Waals surface area contributed by atoms with Gasteiger partial charge in [0.1, 0.15) is 5.82 Å². The molecule has 0 amide bonds. The van der Waals surface area contributed by atoms with E-state index in [2.05, 4.69) is 31.2 Å². The average molecular weight is 287 g/mol. The fraction of sp³-hybridized carbons (Fsp3) is 0.600. The normalized spacial score (nSPS) is 20.7. The van der Waals surface area contributed by atoms with Gasteiger partial charge in [0.25, 0.3) is 0 Å². The monoisotopic (exact) mass is 286 g/mol. The number of nitrogens with one attached hydrogen (secondary N) is 1. The van der Waals surface area contributed by atoms with Crippen molar-refractivity contribution in [1.29, 1.82) is 0 Å². The number of nitrogens with zero attached hydrogens (tertiary/aromatic N) is 2. The number of hydrogen-bond acceptors (Lipinski definition) is 5. The van der Waals surface area contributed by atoms with Crippen LogP contribution in [0.2, 0.25) is 0 Å². The topological polar surface area (TPSA) is 73.1 Å². The van der Waals surface area contributed by atoms with E-state index in [-0.39, 0.29) is 5.95 Å². The quantitative estimate of drug-likeness (QED) is 0.884. The van der Waals surface area contributed by atoms with E-state index in [4.69, 9.17) is 10.5 Å². The summed E-state index contributed by atoms with van der Waals surface area (Å²) in [4.78, 5) is 8.01. The molecule has 3 N–H and O–H groups in total. The molecular weight excluding hydrogens is 272 g/mol. The van der Waals surface area contributed by atoms with Crippen LogP contribution in [0.3, 0.4) is 0 Å². The highest BCUT2D eigenvalue weighted by Crippen LogP contribution is 2.20. The van der Waals surface area contributed by atoms with Gasteiger partial charge in [0.05, 0.1) is 11.1 Å². The SMILES string of the molecule is Nc1ncc(Br)c(NCC2CCCOC2)n1. The fourth-order valence-corrected chi connectivity index (χ4v) is 2.05. The van der Waals surface area contributed by atoms with E-state index in [0.717, 1.165) is 36.5 Å². The lowest BCUT2D eigenvalue weighted by Crippen LogP contribution is -2.24. The van der Waals surface area contributed by atoms with Gasteiger partial charge in [-0.05, 0) is 34.7 Å². The third-order valence-corrected chi connectivity index (χ3v) is 3.16. The Morgan fingerprint density at radius 1 is 1.62 bits per heavy atom. The number of rotatable bonds is 3. The van der Waals surface area contributed by atoms with Gasteiger partial charge in [-0.1, -0.05) is 0 Å². The van der Waals surface area contributed by atoms with Gasteiger partial charge in [0.2, 0.25) is 5.95 Å². The van der Waals surface area contributed by atoms with E-state index in [1.807, 2.05) is 0 Å². The van der Waals surface area contributed by atoms with E-state index in [1.54, 1.807) is 6.20 Å². The van der Waals surface area contributed by atoms with Crippen molar-refractivity contribution in [3.63, 3.8) is 0 Å². The molecule has 0 radical (unpaired) electrons. The molecule has 1 unspecified atom stereocenters. The molecule has 16 heavy (non-hydrogen) atoms. The summed E-state index contributed by atoms with van der Waals surface area (Å²) >= 11 is 3.38. The molecule has 1 atom stereocenters. The number of nitrogen functional groups attached to an aromatic ring is 1. The molecule has 0 aromatic carbocycles. The predicted molar refractivity (Wildman–Crippen MR) is 66.2 cm³/mol. The minimum absolute atomic E-state index is 0.283.